The molecule has 0 spiro atoms. The highest BCUT2D eigenvalue weighted by atomic mass is 15.1. The summed E-state index contributed by atoms with van der Waals surface area (Å²) < 4.78 is 0. The van der Waals surface area contributed by atoms with Gasteiger partial charge in [-0.15, -0.1) is 0 Å². The van der Waals surface area contributed by atoms with E-state index in [1.165, 1.54) is 18.5 Å². The minimum Gasteiger partial charge on any atom is -0.383 e. The molecule has 0 fully saturated rings. The van der Waals surface area contributed by atoms with Crippen molar-refractivity contribution in [3.8, 4) is 11.4 Å². The lowest BCUT2D eigenvalue weighted by Gasteiger charge is -2.17. The molecule has 2 aromatic rings. The van der Waals surface area contributed by atoms with Crippen LogP contribution in [0.2, 0.25) is 0 Å². The van der Waals surface area contributed by atoms with Crippen LogP contribution in [-0.2, 0) is 12.8 Å². The highest BCUT2D eigenvalue weighted by molar-refractivity contribution is 5.62. The van der Waals surface area contributed by atoms with Crippen LogP contribution >= 0.6 is 0 Å². The maximum Gasteiger partial charge on any atom is 0.161 e. The van der Waals surface area contributed by atoms with E-state index in [1.807, 2.05) is 14.1 Å². The van der Waals surface area contributed by atoms with E-state index in [4.69, 9.17) is 10.7 Å². The minimum atomic E-state index is 0.654. The summed E-state index contributed by atoms with van der Waals surface area (Å²) in [7, 11) is 4.06. The zero-order chi connectivity index (χ0) is 14.1. The molecule has 104 valence electrons. The SMILES string of the molecule is CN(C)c1ccc(-c2nc(N)c3c(n2)CCCC3)cc1. The Balaban J connectivity index is 1.99. The van der Waals surface area contributed by atoms with Crippen LogP contribution in [0, 0.1) is 0 Å². The Bertz CT molecular complexity index is 617. The zero-order valence-electron chi connectivity index (χ0n) is 12.1. The average Bonchev–Trinajstić information content (AvgIpc) is 2.47. The number of hydrogen-bond donors (Lipinski definition) is 1. The summed E-state index contributed by atoms with van der Waals surface area (Å²) in [6.07, 6.45) is 4.42. The van der Waals surface area contributed by atoms with Gasteiger partial charge in [-0.05, 0) is 49.9 Å². The molecule has 4 nitrogen and oxygen atoms in total. The third-order valence-electron chi connectivity index (χ3n) is 3.86. The molecule has 0 atom stereocenters. The van der Waals surface area contributed by atoms with Crippen LogP contribution in [0.15, 0.2) is 24.3 Å². The van der Waals surface area contributed by atoms with E-state index in [1.54, 1.807) is 0 Å². The van der Waals surface area contributed by atoms with Gasteiger partial charge >= 0.3 is 0 Å². The van der Waals surface area contributed by atoms with Gasteiger partial charge in [0.15, 0.2) is 5.82 Å². The second kappa shape index (κ2) is 5.12. The first kappa shape index (κ1) is 12.9. The predicted molar refractivity (Wildman–Crippen MR) is 82.8 cm³/mol. The van der Waals surface area contributed by atoms with E-state index in [9.17, 15) is 0 Å². The molecule has 0 amide bonds. The van der Waals surface area contributed by atoms with Crippen LogP contribution in [0.5, 0.6) is 0 Å². The summed E-state index contributed by atoms with van der Waals surface area (Å²) in [5.74, 6) is 1.40. The number of nitrogens with two attached hydrogens (primary N) is 1. The predicted octanol–water partition coefficient (Wildman–Crippen LogP) is 2.67. The Morgan fingerprint density at radius 2 is 1.70 bits per heavy atom. The molecule has 2 N–H and O–H groups in total. The molecule has 0 saturated carbocycles. The summed E-state index contributed by atoms with van der Waals surface area (Å²) in [4.78, 5) is 11.3. The van der Waals surface area contributed by atoms with Gasteiger partial charge in [0, 0.05) is 36.6 Å². The number of fused-ring (bicyclic) bond motifs is 1. The molecule has 4 heteroatoms. The van der Waals surface area contributed by atoms with Gasteiger partial charge in [0.05, 0.1) is 0 Å². The van der Waals surface area contributed by atoms with Crippen LogP contribution in [0.1, 0.15) is 24.1 Å². The highest BCUT2D eigenvalue weighted by Crippen LogP contribution is 2.27. The van der Waals surface area contributed by atoms with Crippen LogP contribution in [-0.4, -0.2) is 24.1 Å². The number of nitrogens with zero attached hydrogens (tertiary/aromatic N) is 3. The number of hydrogen-bond acceptors (Lipinski definition) is 4. The monoisotopic (exact) mass is 268 g/mol. The summed E-state index contributed by atoms with van der Waals surface area (Å²) >= 11 is 0. The van der Waals surface area contributed by atoms with Crippen molar-refractivity contribution in [3.63, 3.8) is 0 Å². The lowest BCUT2D eigenvalue weighted by Crippen LogP contribution is -2.12. The fraction of sp³-hybridized carbons (Fsp3) is 0.375. The number of nitrogen functional groups attached to an aromatic ring is 1. The Hall–Kier alpha value is -2.10. The summed E-state index contributed by atoms with van der Waals surface area (Å²) in [5, 5.41) is 0. The van der Waals surface area contributed by atoms with Gasteiger partial charge in [0.1, 0.15) is 5.82 Å². The lowest BCUT2D eigenvalue weighted by molar-refractivity contribution is 0.666. The summed E-state index contributed by atoms with van der Waals surface area (Å²) in [6, 6.07) is 8.27. The Kier molecular flexibility index (Phi) is 3.30. The van der Waals surface area contributed by atoms with Crippen LogP contribution < -0.4 is 10.6 Å². The second-order valence-electron chi connectivity index (χ2n) is 5.51. The van der Waals surface area contributed by atoms with Crippen molar-refractivity contribution < 1.29 is 0 Å². The van der Waals surface area contributed by atoms with Crippen LogP contribution in [0.4, 0.5) is 11.5 Å². The van der Waals surface area contributed by atoms with Crippen molar-refractivity contribution in [2.24, 2.45) is 0 Å². The number of rotatable bonds is 2. The van der Waals surface area contributed by atoms with Crippen LogP contribution in [0.3, 0.4) is 0 Å². The highest BCUT2D eigenvalue weighted by Gasteiger charge is 2.16. The molecule has 0 saturated heterocycles. The Morgan fingerprint density at radius 1 is 1.00 bits per heavy atom. The summed E-state index contributed by atoms with van der Waals surface area (Å²) in [6.45, 7) is 0. The zero-order valence-corrected chi connectivity index (χ0v) is 12.1. The number of benzene rings is 1. The number of anilines is 2. The van der Waals surface area contributed by atoms with Gasteiger partial charge in [-0.1, -0.05) is 0 Å². The van der Waals surface area contributed by atoms with Gasteiger partial charge in [-0.3, -0.25) is 0 Å². The molecular weight excluding hydrogens is 248 g/mol. The molecule has 0 bridgehead atoms. The molecule has 1 heterocycles. The minimum absolute atomic E-state index is 0.654. The fourth-order valence-electron chi connectivity index (χ4n) is 2.66. The van der Waals surface area contributed by atoms with Gasteiger partial charge in [0.25, 0.3) is 0 Å². The number of aromatic nitrogens is 2. The molecule has 1 aromatic carbocycles. The molecule has 0 aliphatic heterocycles. The van der Waals surface area contributed by atoms with Crippen molar-refractivity contribution in [2.45, 2.75) is 25.7 Å². The van der Waals surface area contributed by atoms with Crippen molar-refractivity contribution in [3.05, 3.63) is 35.5 Å². The van der Waals surface area contributed by atoms with E-state index >= 15 is 0 Å². The smallest absolute Gasteiger partial charge is 0.161 e. The van der Waals surface area contributed by atoms with Gasteiger partial charge in [-0.2, -0.15) is 0 Å². The van der Waals surface area contributed by atoms with Crippen molar-refractivity contribution in [2.75, 3.05) is 24.7 Å². The maximum atomic E-state index is 6.10. The maximum absolute atomic E-state index is 6.10. The Morgan fingerprint density at radius 3 is 2.40 bits per heavy atom. The van der Waals surface area contributed by atoms with E-state index in [-0.39, 0.29) is 0 Å². The first-order valence-corrected chi connectivity index (χ1v) is 7.08. The molecule has 1 aromatic heterocycles. The van der Waals surface area contributed by atoms with Crippen LogP contribution in [0.25, 0.3) is 11.4 Å². The normalized spacial score (nSPS) is 13.9. The first-order valence-electron chi connectivity index (χ1n) is 7.08. The molecule has 1 aliphatic rings. The van der Waals surface area contributed by atoms with Gasteiger partial charge in [0.2, 0.25) is 0 Å². The fourth-order valence-corrected chi connectivity index (χ4v) is 2.66. The van der Waals surface area contributed by atoms with Crippen molar-refractivity contribution in [1.29, 1.82) is 0 Å². The van der Waals surface area contributed by atoms with Gasteiger partial charge < -0.3 is 10.6 Å². The van der Waals surface area contributed by atoms with E-state index in [2.05, 4.69) is 34.1 Å². The van der Waals surface area contributed by atoms with Crippen molar-refractivity contribution in [1.82, 2.24) is 9.97 Å². The number of aryl methyl sites for hydroxylation is 1. The molecule has 0 radical (unpaired) electrons. The standard InChI is InChI=1S/C16H20N4/c1-20(2)12-9-7-11(8-10-12)16-18-14-6-4-3-5-13(14)15(17)19-16/h7-10H,3-6H2,1-2H3,(H2,17,18,19). The molecular formula is C16H20N4. The summed E-state index contributed by atoms with van der Waals surface area (Å²) in [5.41, 5.74) is 10.6. The quantitative estimate of drug-likeness (QED) is 0.909. The molecule has 0 unspecified atom stereocenters. The topological polar surface area (TPSA) is 55.0 Å². The largest absolute Gasteiger partial charge is 0.383 e. The Labute approximate surface area is 119 Å². The third kappa shape index (κ3) is 2.33. The molecule has 1 aliphatic carbocycles. The first-order chi connectivity index (χ1) is 9.65. The second-order valence-corrected chi connectivity index (χ2v) is 5.51. The van der Waals surface area contributed by atoms with E-state index in [0.717, 1.165) is 35.5 Å². The molecule has 20 heavy (non-hydrogen) atoms. The molecule has 3 rings (SSSR count). The van der Waals surface area contributed by atoms with Crippen molar-refractivity contribution >= 4 is 11.5 Å². The van der Waals surface area contributed by atoms with E-state index in [0.29, 0.717) is 5.82 Å². The van der Waals surface area contributed by atoms with E-state index < -0.39 is 0 Å². The lowest BCUT2D eigenvalue weighted by atomic mass is 9.96. The van der Waals surface area contributed by atoms with Gasteiger partial charge in [-0.25, -0.2) is 9.97 Å². The average molecular weight is 268 g/mol. The third-order valence-corrected chi connectivity index (χ3v) is 3.86.